The maximum atomic E-state index is 5.87. The Morgan fingerprint density at radius 2 is 2.24 bits per heavy atom. The van der Waals surface area contributed by atoms with E-state index in [1.165, 1.54) is 19.2 Å². The molecule has 0 spiro atoms. The quantitative estimate of drug-likeness (QED) is 0.551. The molecular weight excluding hydrogens is 292 g/mol. The zero-order valence-corrected chi connectivity index (χ0v) is 12.8. The number of rotatable bonds is 8. The van der Waals surface area contributed by atoms with Gasteiger partial charge in [-0.05, 0) is 18.8 Å². The third-order valence-electron chi connectivity index (χ3n) is 3.60. The van der Waals surface area contributed by atoms with Gasteiger partial charge in [0.25, 0.3) is 0 Å². The Morgan fingerprint density at radius 1 is 1.38 bits per heavy atom. The minimum Gasteiger partial charge on any atom is -0.479 e. The van der Waals surface area contributed by atoms with Gasteiger partial charge < -0.3 is 14.0 Å². The van der Waals surface area contributed by atoms with Crippen LogP contribution in [0.4, 0.5) is 0 Å². The molecule has 6 nitrogen and oxygen atoms in total. The third-order valence-corrected chi connectivity index (χ3v) is 3.79. The summed E-state index contributed by atoms with van der Waals surface area (Å²) in [4.78, 5) is 13.0. The highest BCUT2D eigenvalue weighted by molar-refractivity contribution is 6.17. The molecule has 1 fully saturated rings. The normalized spacial score (nSPS) is 14.8. The second kappa shape index (κ2) is 6.58. The average Bonchev–Trinajstić information content (AvgIpc) is 3.26. The van der Waals surface area contributed by atoms with E-state index in [0.29, 0.717) is 30.3 Å². The van der Waals surface area contributed by atoms with Gasteiger partial charge in [-0.15, -0.1) is 11.6 Å². The Bertz CT molecular complexity index is 612. The minimum absolute atomic E-state index is 0.494. The van der Waals surface area contributed by atoms with E-state index in [9.17, 15) is 0 Å². The first-order valence-corrected chi connectivity index (χ1v) is 7.74. The van der Waals surface area contributed by atoms with Crippen molar-refractivity contribution < 1.29 is 9.47 Å². The number of imidazole rings is 1. The van der Waals surface area contributed by atoms with E-state index in [1.54, 1.807) is 7.11 Å². The molecule has 0 saturated heterocycles. The van der Waals surface area contributed by atoms with Crippen LogP contribution in [0.1, 0.15) is 18.7 Å². The summed E-state index contributed by atoms with van der Waals surface area (Å²) in [6, 6.07) is 0. The van der Waals surface area contributed by atoms with E-state index in [1.807, 2.05) is 0 Å². The van der Waals surface area contributed by atoms with Crippen LogP contribution in [0.25, 0.3) is 11.2 Å². The van der Waals surface area contributed by atoms with Gasteiger partial charge in [0.2, 0.25) is 5.88 Å². The lowest BCUT2D eigenvalue weighted by molar-refractivity contribution is 0.117. The van der Waals surface area contributed by atoms with Crippen molar-refractivity contribution in [1.29, 1.82) is 0 Å². The molecule has 0 aliphatic heterocycles. The van der Waals surface area contributed by atoms with Gasteiger partial charge in [-0.25, -0.2) is 9.97 Å². The third kappa shape index (κ3) is 3.27. The van der Waals surface area contributed by atoms with Crippen molar-refractivity contribution in [3.05, 3.63) is 12.2 Å². The van der Waals surface area contributed by atoms with Gasteiger partial charge in [-0.1, -0.05) is 0 Å². The fourth-order valence-corrected chi connectivity index (χ4v) is 2.48. The number of methoxy groups -OCH3 is 1. The van der Waals surface area contributed by atoms with Gasteiger partial charge >= 0.3 is 0 Å². The Hall–Kier alpha value is -1.40. The molecule has 21 heavy (non-hydrogen) atoms. The summed E-state index contributed by atoms with van der Waals surface area (Å²) in [7, 11) is 1.58. The van der Waals surface area contributed by atoms with Crippen LogP contribution in [-0.4, -0.2) is 45.7 Å². The fourth-order valence-electron chi connectivity index (χ4n) is 2.31. The molecular formula is C14H19ClN4O2. The lowest BCUT2D eigenvalue weighted by atomic mass is 10.4. The maximum Gasteiger partial charge on any atom is 0.245 e. The molecule has 0 atom stereocenters. The zero-order chi connectivity index (χ0) is 14.7. The van der Waals surface area contributed by atoms with Crippen molar-refractivity contribution in [2.45, 2.75) is 25.8 Å². The lowest BCUT2D eigenvalue weighted by Crippen LogP contribution is -2.11. The van der Waals surface area contributed by atoms with Gasteiger partial charge in [0, 0.05) is 25.5 Å². The molecule has 0 N–H and O–H groups in total. The van der Waals surface area contributed by atoms with E-state index in [0.717, 1.165) is 30.5 Å². The topological polar surface area (TPSA) is 62.1 Å². The molecule has 3 rings (SSSR count). The Balaban J connectivity index is 1.80. The molecule has 2 aromatic heterocycles. The van der Waals surface area contributed by atoms with Crippen LogP contribution in [0.15, 0.2) is 6.33 Å². The van der Waals surface area contributed by atoms with Crippen molar-refractivity contribution in [2.24, 2.45) is 5.92 Å². The monoisotopic (exact) mass is 310 g/mol. The SMILES string of the molecule is COc1ncnc2c1nc(CCCl)n2CCOCC1CC1. The van der Waals surface area contributed by atoms with Crippen molar-refractivity contribution in [2.75, 3.05) is 26.2 Å². The van der Waals surface area contributed by atoms with E-state index in [2.05, 4.69) is 19.5 Å². The number of nitrogens with zero attached hydrogens (tertiary/aromatic N) is 4. The highest BCUT2D eigenvalue weighted by Gasteiger charge is 2.21. The highest BCUT2D eigenvalue weighted by atomic mass is 35.5. The largest absolute Gasteiger partial charge is 0.479 e. The van der Waals surface area contributed by atoms with Crippen molar-refractivity contribution in [3.63, 3.8) is 0 Å². The number of ether oxygens (including phenoxy) is 2. The van der Waals surface area contributed by atoms with Crippen LogP contribution in [-0.2, 0) is 17.7 Å². The number of halogens is 1. The van der Waals surface area contributed by atoms with Gasteiger partial charge in [0.1, 0.15) is 12.2 Å². The van der Waals surface area contributed by atoms with Gasteiger partial charge in [-0.3, -0.25) is 0 Å². The standard InChI is InChI=1S/C14H19ClN4O2/c1-20-14-12-13(16-9-17-14)19(11(18-12)4-5-15)6-7-21-8-10-2-3-10/h9-10H,2-8H2,1H3. The molecule has 0 radical (unpaired) electrons. The molecule has 0 amide bonds. The molecule has 0 bridgehead atoms. The van der Waals surface area contributed by atoms with Crippen LogP contribution in [0.2, 0.25) is 0 Å². The van der Waals surface area contributed by atoms with E-state index in [4.69, 9.17) is 21.1 Å². The molecule has 1 aliphatic carbocycles. The van der Waals surface area contributed by atoms with Crippen LogP contribution in [0, 0.1) is 5.92 Å². The molecule has 7 heteroatoms. The fraction of sp³-hybridized carbons (Fsp3) is 0.643. The molecule has 2 heterocycles. The first-order valence-electron chi connectivity index (χ1n) is 7.21. The van der Waals surface area contributed by atoms with Crippen LogP contribution < -0.4 is 4.74 Å². The lowest BCUT2D eigenvalue weighted by Gasteiger charge is -2.08. The summed E-state index contributed by atoms with van der Waals surface area (Å²) < 4.78 is 13.0. The second-order valence-corrected chi connectivity index (χ2v) is 5.57. The highest BCUT2D eigenvalue weighted by Crippen LogP contribution is 2.28. The van der Waals surface area contributed by atoms with Gasteiger partial charge in [-0.2, -0.15) is 4.98 Å². The first-order chi connectivity index (χ1) is 10.3. The number of fused-ring (bicyclic) bond motifs is 1. The smallest absolute Gasteiger partial charge is 0.245 e. The average molecular weight is 311 g/mol. The van der Waals surface area contributed by atoms with Crippen molar-refractivity contribution in [1.82, 2.24) is 19.5 Å². The number of aromatic nitrogens is 4. The second-order valence-electron chi connectivity index (χ2n) is 5.19. The number of alkyl halides is 1. The van der Waals surface area contributed by atoms with E-state index in [-0.39, 0.29) is 0 Å². The molecule has 0 aromatic carbocycles. The summed E-state index contributed by atoms with van der Waals surface area (Å²) in [5.41, 5.74) is 1.46. The summed E-state index contributed by atoms with van der Waals surface area (Å²) >= 11 is 5.87. The molecule has 114 valence electrons. The van der Waals surface area contributed by atoms with Crippen LogP contribution in [0.5, 0.6) is 5.88 Å². The molecule has 0 unspecified atom stereocenters. The van der Waals surface area contributed by atoms with Gasteiger partial charge in [0.15, 0.2) is 11.2 Å². The Labute approximate surface area is 128 Å². The van der Waals surface area contributed by atoms with Crippen LogP contribution in [0.3, 0.4) is 0 Å². The molecule has 1 aliphatic rings. The summed E-state index contributed by atoms with van der Waals surface area (Å²) in [6.07, 6.45) is 4.78. The Morgan fingerprint density at radius 3 is 2.95 bits per heavy atom. The predicted molar refractivity (Wildman–Crippen MR) is 79.8 cm³/mol. The predicted octanol–water partition coefficient (Wildman–Crippen LogP) is 2.04. The molecule has 1 saturated carbocycles. The van der Waals surface area contributed by atoms with E-state index >= 15 is 0 Å². The van der Waals surface area contributed by atoms with Crippen molar-refractivity contribution in [3.8, 4) is 5.88 Å². The maximum absolute atomic E-state index is 5.87. The minimum atomic E-state index is 0.494. The van der Waals surface area contributed by atoms with Crippen molar-refractivity contribution >= 4 is 22.8 Å². The number of aryl methyl sites for hydroxylation is 1. The Kier molecular flexibility index (Phi) is 4.55. The van der Waals surface area contributed by atoms with E-state index < -0.39 is 0 Å². The summed E-state index contributed by atoms with van der Waals surface area (Å²) in [5.74, 6) is 2.68. The van der Waals surface area contributed by atoms with Gasteiger partial charge in [0.05, 0.1) is 13.7 Å². The zero-order valence-electron chi connectivity index (χ0n) is 12.1. The summed E-state index contributed by atoms with van der Waals surface area (Å²) in [5, 5.41) is 0. The number of hydrogen-bond donors (Lipinski definition) is 0. The first kappa shape index (κ1) is 14.5. The van der Waals surface area contributed by atoms with Crippen LogP contribution >= 0.6 is 11.6 Å². The summed E-state index contributed by atoms with van der Waals surface area (Å²) in [6.45, 7) is 2.23. The molecule has 2 aromatic rings. The number of hydrogen-bond acceptors (Lipinski definition) is 5.